The highest BCUT2D eigenvalue weighted by Gasteiger charge is 2.24. The van der Waals surface area contributed by atoms with Crippen molar-refractivity contribution in [1.29, 1.82) is 0 Å². The molecule has 198 valence electrons. The number of amides is 1. The van der Waals surface area contributed by atoms with Gasteiger partial charge in [0.1, 0.15) is 17.1 Å². The van der Waals surface area contributed by atoms with Crippen LogP contribution in [-0.2, 0) is 6.42 Å². The number of carbonyl (C=O) groups is 2. The molecule has 0 saturated heterocycles. The quantitative estimate of drug-likeness (QED) is 0.101. The lowest BCUT2D eigenvalue weighted by molar-refractivity contribution is 0.0697. The highest BCUT2D eigenvalue weighted by Crippen LogP contribution is 2.42. The average molecular weight is 535 g/mol. The number of aromatic hydroxyl groups is 1. The van der Waals surface area contributed by atoms with Crippen molar-refractivity contribution in [2.24, 2.45) is 5.11 Å². The van der Waals surface area contributed by atoms with Crippen LogP contribution in [0.3, 0.4) is 0 Å². The van der Waals surface area contributed by atoms with E-state index >= 15 is 0 Å². The number of aromatic carboxylic acids is 1. The number of hydrogen-bond donors (Lipinski definition) is 3. The van der Waals surface area contributed by atoms with Crippen molar-refractivity contribution < 1.29 is 24.2 Å². The molecule has 3 aromatic carbocycles. The summed E-state index contributed by atoms with van der Waals surface area (Å²) in [7, 11) is 0. The molecule has 1 aliphatic heterocycles. The van der Waals surface area contributed by atoms with Gasteiger partial charge in [0.25, 0.3) is 5.91 Å². The Hall–Kier alpha value is -5.60. The van der Waals surface area contributed by atoms with E-state index in [2.05, 4.69) is 15.3 Å². The van der Waals surface area contributed by atoms with Crippen LogP contribution in [0.25, 0.3) is 43.9 Å². The number of azide groups is 1. The van der Waals surface area contributed by atoms with E-state index in [9.17, 15) is 24.6 Å². The summed E-state index contributed by atoms with van der Waals surface area (Å²) in [4.78, 5) is 40.5. The number of phenols is 1. The third-order valence-corrected chi connectivity index (χ3v) is 6.48. The van der Waals surface area contributed by atoms with E-state index in [1.807, 2.05) is 30.3 Å². The smallest absolute Gasteiger partial charge is 0.336 e. The molecule has 0 radical (unpaired) electrons. The van der Waals surface area contributed by atoms with Crippen molar-refractivity contribution >= 4 is 22.8 Å². The minimum Gasteiger partial charge on any atom is -0.508 e. The van der Waals surface area contributed by atoms with Gasteiger partial charge in [0, 0.05) is 51.7 Å². The Morgan fingerprint density at radius 3 is 2.50 bits per heavy atom. The molecule has 40 heavy (non-hydrogen) atoms. The molecule has 0 bridgehead atoms. The molecule has 0 spiro atoms. The fourth-order valence-corrected chi connectivity index (χ4v) is 4.69. The Morgan fingerprint density at radius 1 is 0.975 bits per heavy atom. The molecule has 1 heterocycles. The number of benzene rings is 4. The molecule has 3 N–H and O–H groups in total. The lowest BCUT2D eigenvalue weighted by Crippen LogP contribution is -2.38. The highest BCUT2D eigenvalue weighted by atomic mass is 16.4. The predicted octanol–water partition coefficient (Wildman–Crippen LogP) is 5.62. The number of carboxylic acid groups (broad SMARTS) is 1. The Bertz CT molecular complexity index is 1830. The molecule has 2 aliphatic rings. The SMILES string of the molecule is [N-]=[N+]=NCC(Cc1ccccc1)NC(=O)c1ccc(-c2c3ccc(=O)cc-3oc3cc(O)ccc23)c(C(=O)O)c1. The van der Waals surface area contributed by atoms with Gasteiger partial charge in [0.05, 0.1) is 5.56 Å². The highest BCUT2D eigenvalue weighted by molar-refractivity contribution is 6.09. The van der Waals surface area contributed by atoms with Gasteiger partial charge in [-0.05, 0) is 59.5 Å². The fourth-order valence-electron chi connectivity index (χ4n) is 4.69. The molecule has 0 fully saturated rings. The van der Waals surface area contributed by atoms with Crippen LogP contribution < -0.4 is 10.7 Å². The number of hydrogen-bond acceptors (Lipinski definition) is 6. The minimum absolute atomic E-state index is 0.0149. The maximum atomic E-state index is 13.2. The first-order valence-electron chi connectivity index (χ1n) is 12.3. The van der Waals surface area contributed by atoms with Crippen molar-refractivity contribution in [2.75, 3.05) is 6.54 Å². The monoisotopic (exact) mass is 534 g/mol. The van der Waals surface area contributed by atoms with Gasteiger partial charge in [-0.2, -0.15) is 0 Å². The number of carboxylic acids is 1. The zero-order valence-corrected chi connectivity index (χ0v) is 20.9. The zero-order valence-electron chi connectivity index (χ0n) is 20.9. The van der Waals surface area contributed by atoms with Crippen LogP contribution in [0, 0.1) is 0 Å². The standard InChI is InChI=1S/C30H22N4O6/c31-34-32-16-19(12-17-4-2-1-3-5-17)33-29(37)18-6-9-22(25(13-18)30(38)39)28-23-10-7-20(35)14-26(23)40-27-15-21(36)8-11-24(27)28/h1-11,13-15,19,35H,12,16H2,(H,33,37)(H,38,39). The predicted molar refractivity (Wildman–Crippen MR) is 149 cm³/mol. The number of phenolic OH excluding ortho intramolecular Hbond substituents is 1. The van der Waals surface area contributed by atoms with Gasteiger partial charge in [-0.15, -0.1) is 0 Å². The summed E-state index contributed by atoms with van der Waals surface area (Å²) in [6.07, 6.45) is 0.412. The van der Waals surface area contributed by atoms with Gasteiger partial charge in [-0.1, -0.05) is 41.5 Å². The third kappa shape index (κ3) is 5.33. The summed E-state index contributed by atoms with van der Waals surface area (Å²) >= 11 is 0. The summed E-state index contributed by atoms with van der Waals surface area (Å²) in [5.41, 5.74) is 10.9. The molecule has 1 atom stereocenters. The number of fused-ring (bicyclic) bond motifs is 2. The van der Waals surface area contributed by atoms with E-state index in [0.29, 0.717) is 28.5 Å². The lowest BCUT2D eigenvalue weighted by Gasteiger charge is -2.19. The molecule has 1 aliphatic carbocycles. The molecule has 1 unspecified atom stereocenters. The Morgan fingerprint density at radius 2 is 1.75 bits per heavy atom. The zero-order chi connectivity index (χ0) is 28.2. The Kier molecular flexibility index (Phi) is 7.17. The van der Waals surface area contributed by atoms with Gasteiger partial charge in [-0.3, -0.25) is 9.59 Å². The minimum atomic E-state index is -1.26. The maximum absolute atomic E-state index is 13.2. The second-order valence-electron chi connectivity index (χ2n) is 9.15. The lowest BCUT2D eigenvalue weighted by atomic mass is 9.89. The first kappa shape index (κ1) is 26.0. The molecule has 10 nitrogen and oxygen atoms in total. The largest absolute Gasteiger partial charge is 0.508 e. The first-order valence-corrected chi connectivity index (χ1v) is 12.3. The molecular formula is C30H22N4O6. The first-order chi connectivity index (χ1) is 19.3. The summed E-state index contributed by atoms with van der Waals surface area (Å²) in [5.74, 6) is -1.63. The van der Waals surface area contributed by atoms with Crippen molar-refractivity contribution in [3.05, 3.63) is 122 Å². The molecule has 0 saturated carbocycles. The molecule has 0 aromatic heterocycles. The van der Waals surface area contributed by atoms with Crippen molar-refractivity contribution in [2.45, 2.75) is 12.5 Å². The second kappa shape index (κ2) is 11.0. The van der Waals surface area contributed by atoms with Crippen molar-refractivity contribution in [1.82, 2.24) is 5.32 Å². The average Bonchev–Trinajstić information content (AvgIpc) is 2.94. The van der Waals surface area contributed by atoms with Crippen LogP contribution >= 0.6 is 0 Å². The van der Waals surface area contributed by atoms with Crippen LogP contribution in [0.5, 0.6) is 5.75 Å². The van der Waals surface area contributed by atoms with E-state index in [1.165, 1.54) is 42.5 Å². The molecule has 5 rings (SSSR count). The van der Waals surface area contributed by atoms with Gasteiger partial charge in [0.2, 0.25) is 0 Å². The molecular weight excluding hydrogens is 512 g/mol. The molecule has 1 amide bonds. The molecule has 10 heteroatoms. The van der Waals surface area contributed by atoms with E-state index in [1.54, 1.807) is 12.1 Å². The van der Waals surface area contributed by atoms with Gasteiger partial charge < -0.3 is 19.9 Å². The van der Waals surface area contributed by atoms with E-state index in [-0.39, 0.29) is 40.2 Å². The number of carbonyl (C=O) groups excluding carboxylic acids is 1. The number of rotatable bonds is 8. The van der Waals surface area contributed by atoms with Crippen molar-refractivity contribution in [3.8, 4) is 28.2 Å². The third-order valence-electron chi connectivity index (χ3n) is 6.48. The van der Waals surface area contributed by atoms with Gasteiger partial charge in [-0.25, -0.2) is 4.79 Å². The van der Waals surface area contributed by atoms with Crippen LogP contribution in [0.1, 0.15) is 26.3 Å². The summed E-state index contributed by atoms with van der Waals surface area (Å²) in [5, 5.41) is 27.1. The van der Waals surface area contributed by atoms with E-state index in [4.69, 9.17) is 9.95 Å². The Labute approximate surface area is 227 Å². The fraction of sp³-hybridized carbons (Fsp3) is 0.100. The van der Waals surface area contributed by atoms with Crippen LogP contribution in [0.4, 0.5) is 0 Å². The topological polar surface area (TPSA) is 166 Å². The van der Waals surface area contributed by atoms with Crippen molar-refractivity contribution in [3.63, 3.8) is 0 Å². The van der Waals surface area contributed by atoms with Gasteiger partial charge in [0.15, 0.2) is 5.43 Å². The summed E-state index contributed by atoms with van der Waals surface area (Å²) < 4.78 is 5.85. The van der Waals surface area contributed by atoms with Crippen LogP contribution in [0.15, 0.2) is 99.3 Å². The summed E-state index contributed by atoms with van der Waals surface area (Å²) in [6, 6.07) is 21.8. The second-order valence-corrected chi connectivity index (χ2v) is 9.15. The van der Waals surface area contributed by atoms with Gasteiger partial charge >= 0.3 is 5.97 Å². The Balaban J connectivity index is 1.58. The van der Waals surface area contributed by atoms with Crippen LogP contribution in [-0.4, -0.2) is 34.7 Å². The normalized spacial score (nSPS) is 11.6. The number of nitrogens with zero attached hydrogens (tertiary/aromatic N) is 3. The maximum Gasteiger partial charge on any atom is 0.336 e. The van der Waals surface area contributed by atoms with E-state index < -0.39 is 17.9 Å². The summed E-state index contributed by atoms with van der Waals surface area (Å²) in [6.45, 7) is 0.0149. The van der Waals surface area contributed by atoms with E-state index in [0.717, 1.165) is 5.56 Å². The van der Waals surface area contributed by atoms with Crippen LogP contribution in [0.2, 0.25) is 0 Å². The number of nitrogens with one attached hydrogen (secondary N) is 1. The molecule has 3 aromatic rings.